The number of H-pyrrole nitrogens is 1. The molecule has 3 N–H and O–H groups in total. The van der Waals surface area contributed by atoms with E-state index in [1.807, 2.05) is 77.1 Å². The Morgan fingerprint density at radius 3 is 2.74 bits per heavy atom. The molecule has 1 aliphatic rings. The summed E-state index contributed by atoms with van der Waals surface area (Å²) in [5.74, 6) is 1.41. The van der Waals surface area contributed by atoms with Crippen molar-refractivity contribution in [3.05, 3.63) is 82.3 Å². The Hall–Kier alpha value is -4.08. The largest absolute Gasteiger partial charge is 0.456 e. The van der Waals surface area contributed by atoms with Crippen LogP contribution in [0.2, 0.25) is 5.02 Å². The lowest BCUT2D eigenvalue weighted by Gasteiger charge is -2.33. The van der Waals surface area contributed by atoms with Crippen molar-refractivity contribution in [1.82, 2.24) is 24.6 Å². The molecule has 0 aliphatic carbocycles. The van der Waals surface area contributed by atoms with E-state index < -0.39 is 0 Å². The van der Waals surface area contributed by atoms with Gasteiger partial charge in [-0.2, -0.15) is 5.10 Å². The van der Waals surface area contributed by atoms with Crippen LogP contribution >= 0.6 is 11.6 Å². The molecule has 39 heavy (non-hydrogen) atoms. The molecule has 0 saturated carbocycles. The summed E-state index contributed by atoms with van der Waals surface area (Å²) in [6.45, 7) is 1.87. The van der Waals surface area contributed by atoms with E-state index >= 15 is 0 Å². The van der Waals surface area contributed by atoms with Crippen LogP contribution in [0.25, 0.3) is 22.0 Å². The number of hydrogen-bond acceptors (Lipinski definition) is 6. The maximum atomic E-state index is 13.0. The van der Waals surface area contributed by atoms with Gasteiger partial charge in [-0.1, -0.05) is 41.9 Å². The summed E-state index contributed by atoms with van der Waals surface area (Å²) in [7, 11) is 3.91. The summed E-state index contributed by atoms with van der Waals surface area (Å²) in [6.07, 6.45) is 7.11. The van der Waals surface area contributed by atoms with Crippen LogP contribution in [-0.2, 0) is 4.79 Å². The number of nitrogens with zero attached hydrogens (tertiary/aromatic N) is 4. The number of ether oxygens (including phenoxy) is 1. The predicted molar refractivity (Wildman–Crippen MR) is 154 cm³/mol. The number of anilines is 1. The molecule has 2 aromatic heterocycles. The lowest BCUT2D eigenvalue weighted by molar-refractivity contribution is -0.127. The van der Waals surface area contributed by atoms with Crippen molar-refractivity contribution in [3.63, 3.8) is 0 Å². The number of likely N-dealkylation sites (N-methyl/N-ethyl adjacent to an activating group) is 1. The molecule has 2 aromatic carbocycles. The number of fused-ring (bicyclic) bond motifs is 1. The number of likely N-dealkylation sites (tertiary alicyclic amines) is 1. The molecule has 9 nitrogen and oxygen atoms in total. The maximum absolute atomic E-state index is 13.0. The SMILES string of the molecule is CN(C)CC=CC(=O)N1CCC[C@@H](n2cc(-c3ccc(Oc4ccccc4Cl)cc3)c3c(N)n[nH]c(=O)c32)C1. The molecule has 1 fully saturated rings. The van der Waals surface area contributed by atoms with Crippen molar-refractivity contribution >= 4 is 34.2 Å². The number of halogens is 1. The van der Waals surface area contributed by atoms with Gasteiger partial charge in [0.15, 0.2) is 5.82 Å². The van der Waals surface area contributed by atoms with E-state index in [1.165, 1.54) is 0 Å². The zero-order valence-electron chi connectivity index (χ0n) is 21.9. The average molecular weight is 547 g/mol. The van der Waals surface area contributed by atoms with E-state index in [1.54, 1.807) is 18.2 Å². The second kappa shape index (κ2) is 11.3. The molecule has 202 valence electrons. The first kappa shape index (κ1) is 26.5. The van der Waals surface area contributed by atoms with Gasteiger partial charge in [-0.15, -0.1) is 0 Å². The quantitative estimate of drug-likeness (QED) is 0.325. The smallest absolute Gasteiger partial charge is 0.288 e. The highest BCUT2D eigenvalue weighted by molar-refractivity contribution is 6.32. The van der Waals surface area contributed by atoms with Gasteiger partial charge in [-0.05, 0) is 56.8 Å². The van der Waals surface area contributed by atoms with Crippen molar-refractivity contribution in [1.29, 1.82) is 0 Å². The van der Waals surface area contributed by atoms with Crippen molar-refractivity contribution in [3.8, 4) is 22.6 Å². The lowest BCUT2D eigenvalue weighted by atomic mass is 10.1. The topological polar surface area (TPSA) is 109 Å². The monoisotopic (exact) mass is 546 g/mol. The number of hydrogen-bond donors (Lipinski definition) is 2. The third-order valence-electron chi connectivity index (χ3n) is 6.84. The van der Waals surface area contributed by atoms with Crippen molar-refractivity contribution < 1.29 is 9.53 Å². The molecular formula is C29H31ClN6O3. The van der Waals surface area contributed by atoms with Gasteiger partial charge in [0.25, 0.3) is 5.56 Å². The minimum absolute atomic E-state index is 0.0255. The van der Waals surface area contributed by atoms with E-state index in [0.717, 1.165) is 24.0 Å². The molecule has 0 radical (unpaired) electrons. The Morgan fingerprint density at radius 1 is 1.23 bits per heavy atom. The van der Waals surface area contributed by atoms with Gasteiger partial charge in [0.05, 0.1) is 16.5 Å². The molecular weight excluding hydrogens is 516 g/mol. The highest BCUT2D eigenvalue weighted by atomic mass is 35.5. The number of carbonyl (C=O) groups is 1. The number of para-hydroxylation sites is 1. The van der Waals surface area contributed by atoms with E-state index in [9.17, 15) is 9.59 Å². The van der Waals surface area contributed by atoms with Gasteiger partial charge >= 0.3 is 0 Å². The molecule has 1 saturated heterocycles. The average Bonchev–Trinajstić information content (AvgIpc) is 3.34. The number of amides is 1. The van der Waals surface area contributed by atoms with Crippen LogP contribution in [0.4, 0.5) is 5.82 Å². The Bertz CT molecular complexity index is 1570. The highest BCUT2D eigenvalue weighted by Crippen LogP contribution is 2.37. The molecule has 0 bridgehead atoms. The van der Waals surface area contributed by atoms with Crippen LogP contribution in [0.1, 0.15) is 18.9 Å². The standard InChI is InChI=1S/C29H31ClN6O3/c1-34(2)15-6-10-25(37)35-16-5-7-20(17-35)36-18-22(26-27(36)29(38)33-32-28(26)31)19-11-13-21(14-12-19)39-24-9-4-3-8-23(24)30/h3-4,6,8-14,18,20H,5,7,15-17H2,1-2H3,(H2,31,32)(H,33,38)/t20-/m1/s1. The first-order valence-electron chi connectivity index (χ1n) is 12.8. The first-order chi connectivity index (χ1) is 18.8. The minimum atomic E-state index is -0.321. The normalized spacial score (nSPS) is 15.9. The third kappa shape index (κ3) is 5.69. The summed E-state index contributed by atoms with van der Waals surface area (Å²) in [5, 5.41) is 7.67. The molecule has 5 rings (SSSR count). The summed E-state index contributed by atoms with van der Waals surface area (Å²) in [5.41, 5.74) is 8.08. The van der Waals surface area contributed by atoms with Crippen molar-refractivity contribution in [2.24, 2.45) is 0 Å². The van der Waals surface area contributed by atoms with Crippen LogP contribution in [0.15, 0.2) is 71.7 Å². The van der Waals surface area contributed by atoms with Crippen LogP contribution in [-0.4, -0.2) is 64.2 Å². The number of benzene rings is 2. The zero-order valence-corrected chi connectivity index (χ0v) is 22.7. The molecule has 1 amide bonds. The lowest BCUT2D eigenvalue weighted by Crippen LogP contribution is -2.40. The summed E-state index contributed by atoms with van der Waals surface area (Å²) in [6, 6.07) is 14.7. The van der Waals surface area contributed by atoms with Gasteiger partial charge in [0, 0.05) is 37.5 Å². The zero-order chi connectivity index (χ0) is 27.5. The number of nitrogens with one attached hydrogen (secondary N) is 1. The van der Waals surface area contributed by atoms with Crippen LogP contribution in [0.5, 0.6) is 11.5 Å². The Labute approximate surface area is 231 Å². The third-order valence-corrected chi connectivity index (χ3v) is 7.16. The minimum Gasteiger partial charge on any atom is -0.456 e. The number of aromatic amines is 1. The predicted octanol–water partition coefficient (Wildman–Crippen LogP) is 4.70. The second-order valence-electron chi connectivity index (χ2n) is 9.91. The van der Waals surface area contributed by atoms with Crippen molar-refractivity contribution in [2.75, 3.05) is 39.5 Å². The molecule has 1 aliphatic heterocycles. The molecule has 10 heteroatoms. The number of nitrogens with two attached hydrogens (primary N) is 1. The maximum Gasteiger partial charge on any atom is 0.288 e. The fraction of sp³-hybridized carbons (Fsp3) is 0.276. The summed E-state index contributed by atoms with van der Waals surface area (Å²) >= 11 is 6.23. The van der Waals surface area contributed by atoms with Gasteiger partial charge < -0.3 is 24.8 Å². The fourth-order valence-corrected chi connectivity index (χ4v) is 5.12. The Morgan fingerprint density at radius 2 is 2.00 bits per heavy atom. The van der Waals surface area contributed by atoms with E-state index in [-0.39, 0.29) is 23.3 Å². The number of nitrogen functional groups attached to an aromatic ring is 1. The molecule has 4 aromatic rings. The Kier molecular flexibility index (Phi) is 7.72. The molecule has 0 spiro atoms. The van der Waals surface area contributed by atoms with Crippen molar-refractivity contribution in [2.45, 2.75) is 18.9 Å². The Balaban J connectivity index is 1.46. The second-order valence-corrected chi connectivity index (χ2v) is 10.3. The van der Waals surface area contributed by atoms with Crippen LogP contribution in [0, 0.1) is 0 Å². The van der Waals surface area contributed by atoms with Crippen LogP contribution < -0.4 is 16.0 Å². The number of aromatic nitrogens is 3. The molecule has 3 heterocycles. The summed E-state index contributed by atoms with van der Waals surface area (Å²) < 4.78 is 7.89. The summed E-state index contributed by atoms with van der Waals surface area (Å²) in [4.78, 5) is 29.7. The number of rotatable bonds is 7. The van der Waals surface area contributed by atoms with Gasteiger partial charge in [-0.3, -0.25) is 9.59 Å². The van der Waals surface area contributed by atoms with Crippen LogP contribution in [0.3, 0.4) is 0 Å². The van der Waals surface area contributed by atoms with Gasteiger partial charge in [0.1, 0.15) is 17.0 Å². The van der Waals surface area contributed by atoms with Gasteiger partial charge in [0.2, 0.25) is 5.91 Å². The number of piperidine rings is 1. The molecule has 0 unspecified atom stereocenters. The first-order valence-corrected chi connectivity index (χ1v) is 13.2. The fourth-order valence-electron chi connectivity index (χ4n) is 4.95. The van der Waals surface area contributed by atoms with E-state index in [2.05, 4.69) is 10.2 Å². The van der Waals surface area contributed by atoms with E-state index in [0.29, 0.717) is 47.1 Å². The number of carbonyl (C=O) groups excluding carboxylic acids is 1. The highest BCUT2D eigenvalue weighted by Gasteiger charge is 2.27. The van der Waals surface area contributed by atoms with E-state index in [4.69, 9.17) is 22.1 Å². The molecule has 1 atom stereocenters. The van der Waals surface area contributed by atoms with Gasteiger partial charge in [-0.25, -0.2) is 5.10 Å².